The highest BCUT2D eigenvalue weighted by molar-refractivity contribution is 6.34. The van der Waals surface area contributed by atoms with Gasteiger partial charge in [-0.25, -0.2) is 8.78 Å². The second kappa shape index (κ2) is 12.4. The molecule has 1 amide bonds. The zero-order valence-corrected chi connectivity index (χ0v) is 25.1. The van der Waals surface area contributed by atoms with E-state index in [2.05, 4.69) is 10.3 Å². The minimum Gasteiger partial charge on any atom is -0.488 e. The minimum atomic E-state index is -1.13. The molecule has 0 radical (unpaired) electrons. The lowest BCUT2D eigenvalue weighted by Gasteiger charge is -2.38. The van der Waals surface area contributed by atoms with Crippen molar-refractivity contribution in [1.29, 1.82) is 0 Å². The summed E-state index contributed by atoms with van der Waals surface area (Å²) in [6, 6.07) is 9.37. The number of nitrogens with one attached hydrogen (secondary N) is 1. The highest BCUT2D eigenvalue weighted by Crippen LogP contribution is 2.56. The van der Waals surface area contributed by atoms with Gasteiger partial charge in [-0.3, -0.25) is 9.78 Å². The fourth-order valence-corrected chi connectivity index (χ4v) is 6.40. The van der Waals surface area contributed by atoms with Crippen molar-refractivity contribution in [1.82, 2.24) is 10.3 Å². The number of hydrogen-bond donors (Lipinski definition) is 3. The Morgan fingerprint density at radius 1 is 1.21 bits per heavy atom. The van der Waals surface area contributed by atoms with Gasteiger partial charge in [-0.05, 0) is 56.9 Å². The highest BCUT2D eigenvalue weighted by atomic mass is 35.5. The number of rotatable bonds is 10. The molecule has 2 heterocycles. The summed E-state index contributed by atoms with van der Waals surface area (Å²) in [6.45, 7) is 4.26. The van der Waals surface area contributed by atoms with Crippen molar-refractivity contribution in [2.75, 3.05) is 26.9 Å². The van der Waals surface area contributed by atoms with Crippen LogP contribution in [-0.2, 0) is 10.3 Å². The van der Waals surface area contributed by atoms with Crippen LogP contribution in [0.2, 0.25) is 5.02 Å². The molecule has 230 valence electrons. The lowest BCUT2D eigenvalue weighted by Crippen LogP contribution is -2.49. The first-order chi connectivity index (χ1) is 20.5. The zero-order chi connectivity index (χ0) is 30.9. The number of halogens is 3. The topological polar surface area (TPSA) is 116 Å². The molecule has 1 aliphatic carbocycles. The summed E-state index contributed by atoms with van der Waals surface area (Å²) in [5, 5.41) is 13.6. The third kappa shape index (κ3) is 5.93. The number of amides is 1. The predicted octanol–water partition coefficient (Wildman–Crippen LogP) is 5.48. The monoisotopic (exact) mass is 615 g/mol. The Labute approximate surface area is 254 Å². The Balaban J connectivity index is 1.63. The van der Waals surface area contributed by atoms with Crippen LogP contribution in [0.25, 0.3) is 11.1 Å². The lowest BCUT2D eigenvalue weighted by molar-refractivity contribution is 0.00847. The molecule has 1 aliphatic heterocycles. The molecule has 1 fully saturated rings. The van der Waals surface area contributed by atoms with E-state index in [4.69, 9.17) is 31.5 Å². The van der Waals surface area contributed by atoms with Gasteiger partial charge in [-0.2, -0.15) is 0 Å². The van der Waals surface area contributed by atoms with E-state index < -0.39 is 34.7 Å². The molecule has 2 aliphatic rings. The van der Waals surface area contributed by atoms with E-state index in [1.165, 1.54) is 25.3 Å². The average molecular weight is 616 g/mol. The number of carbonyl (C=O) groups is 1. The van der Waals surface area contributed by atoms with Crippen LogP contribution < -0.4 is 20.5 Å². The maximum absolute atomic E-state index is 16.2. The number of primary amides is 1. The third-order valence-corrected chi connectivity index (χ3v) is 9.00. The molecule has 1 saturated carbocycles. The van der Waals surface area contributed by atoms with Gasteiger partial charge in [0.2, 0.25) is 5.91 Å². The Morgan fingerprint density at radius 2 is 1.95 bits per heavy atom. The second-order valence-corrected chi connectivity index (χ2v) is 11.9. The first kappa shape index (κ1) is 31.1. The number of ether oxygens (including phenoxy) is 3. The largest absolute Gasteiger partial charge is 0.488 e. The molecular weight excluding hydrogens is 580 g/mol. The summed E-state index contributed by atoms with van der Waals surface area (Å²) in [5.74, 6) is -3.21. The van der Waals surface area contributed by atoms with E-state index in [-0.39, 0.29) is 59.0 Å². The fourth-order valence-electron chi connectivity index (χ4n) is 6.15. The number of nitrogens with two attached hydrogens (primary N) is 1. The van der Waals surface area contributed by atoms with Gasteiger partial charge in [0.15, 0.2) is 17.2 Å². The van der Waals surface area contributed by atoms with Crippen molar-refractivity contribution in [2.45, 2.75) is 62.7 Å². The van der Waals surface area contributed by atoms with Crippen molar-refractivity contribution in [3.63, 3.8) is 0 Å². The molecule has 2 aromatic carbocycles. The van der Waals surface area contributed by atoms with E-state index in [1.54, 1.807) is 12.3 Å². The van der Waals surface area contributed by atoms with Gasteiger partial charge < -0.3 is 30.4 Å². The van der Waals surface area contributed by atoms with Gasteiger partial charge in [-0.1, -0.05) is 24.6 Å². The average Bonchev–Trinajstić information content (AvgIpc) is 3.26. The molecule has 0 spiro atoms. The number of methoxy groups -OCH3 is 1. The first-order valence-electron chi connectivity index (χ1n) is 14.3. The number of aromatic nitrogens is 1. The van der Waals surface area contributed by atoms with Crippen molar-refractivity contribution >= 4 is 17.5 Å². The number of nitrogens with zero attached hydrogens (tertiary/aromatic N) is 1. The Morgan fingerprint density at radius 3 is 2.60 bits per heavy atom. The molecule has 5 rings (SSSR count). The van der Waals surface area contributed by atoms with E-state index in [0.717, 1.165) is 12.8 Å². The smallest absolute Gasteiger partial charge is 0.249 e. The molecule has 2 atom stereocenters. The second-order valence-electron chi connectivity index (χ2n) is 11.5. The van der Waals surface area contributed by atoms with Gasteiger partial charge in [0.25, 0.3) is 0 Å². The standard InChI is InChI=1S/C32H36ClF2N3O5/c1-18-25-23(43-32(18,24-6-4-5-13-37-24)17-38-19-9-11-31(2,40)12-10-19)16-21(34)28(33)27(25)26-20(30(36)39)7-8-22(29(26)35)42-15-14-41-3/h4-8,13,16,18-19,38,40H,9-12,14-15,17H2,1-3H3,(H2,36,39)/t18-,19-,31-,32-/m0/s1. The molecule has 0 bridgehead atoms. The number of carbonyl (C=O) groups excluding carboxylic acids is 1. The van der Waals surface area contributed by atoms with Crippen molar-refractivity contribution < 1.29 is 32.9 Å². The molecule has 1 aromatic heterocycles. The predicted molar refractivity (Wildman–Crippen MR) is 159 cm³/mol. The maximum atomic E-state index is 16.2. The quantitative estimate of drug-likeness (QED) is 0.259. The van der Waals surface area contributed by atoms with Gasteiger partial charge >= 0.3 is 0 Å². The Bertz CT molecular complexity index is 1500. The zero-order valence-electron chi connectivity index (χ0n) is 24.4. The van der Waals surface area contributed by atoms with Gasteiger partial charge in [0, 0.05) is 54.6 Å². The van der Waals surface area contributed by atoms with E-state index >= 15 is 8.78 Å². The van der Waals surface area contributed by atoms with Crippen LogP contribution in [-0.4, -0.2) is 54.5 Å². The number of aliphatic hydroxyl groups is 1. The summed E-state index contributed by atoms with van der Waals surface area (Å²) in [7, 11) is 1.49. The summed E-state index contributed by atoms with van der Waals surface area (Å²) >= 11 is 6.60. The summed E-state index contributed by atoms with van der Waals surface area (Å²) in [6.07, 6.45) is 4.48. The van der Waals surface area contributed by atoms with Crippen LogP contribution in [0.15, 0.2) is 42.6 Å². The Kier molecular flexibility index (Phi) is 8.94. The first-order valence-corrected chi connectivity index (χ1v) is 14.7. The number of benzene rings is 2. The SMILES string of the molecule is COCCOc1ccc(C(N)=O)c(-c2c(Cl)c(F)cc3c2[C@H](C)[C@@](CN[C@H]2CC[C@](C)(O)CC2)(c2ccccn2)O3)c1F. The fraction of sp³-hybridized carbons (Fsp3) is 0.438. The van der Waals surface area contributed by atoms with Gasteiger partial charge in [0.05, 0.1) is 28.5 Å². The normalized spacial score (nSPS) is 24.8. The molecule has 43 heavy (non-hydrogen) atoms. The van der Waals surface area contributed by atoms with Crippen LogP contribution in [0.3, 0.4) is 0 Å². The van der Waals surface area contributed by atoms with Crippen LogP contribution in [0.1, 0.15) is 67.1 Å². The molecule has 0 unspecified atom stereocenters. The highest BCUT2D eigenvalue weighted by Gasteiger charge is 2.51. The van der Waals surface area contributed by atoms with Crippen LogP contribution in [0.5, 0.6) is 11.5 Å². The number of pyridine rings is 1. The van der Waals surface area contributed by atoms with Crippen LogP contribution in [0, 0.1) is 11.6 Å². The van der Waals surface area contributed by atoms with Crippen molar-refractivity contribution in [3.05, 3.63) is 76.1 Å². The summed E-state index contributed by atoms with van der Waals surface area (Å²) in [5.41, 5.74) is 4.38. The van der Waals surface area contributed by atoms with E-state index in [1.807, 2.05) is 26.0 Å². The molecule has 0 saturated heterocycles. The van der Waals surface area contributed by atoms with Crippen molar-refractivity contribution in [2.24, 2.45) is 5.73 Å². The van der Waals surface area contributed by atoms with Gasteiger partial charge in [0.1, 0.15) is 18.2 Å². The summed E-state index contributed by atoms with van der Waals surface area (Å²) < 4.78 is 48.9. The number of hydrogen-bond acceptors (Lipinski definition) is 7. The lowest BCUT2D eigenvalue weighted by atomic mass is 9.78. The minimum absolute atomic E-state index is 0.0285. The van der Waals surface area contributed by atoms with E-state index in [0.29, 0.717) is 24.1 Å². The van der Waals surface area contributed by atoms with E-state index in [9.17, 15) is 9.90 Å². The number of fused-ring (bicyclic) bond motifs is 1. The van der Waals surface area contributed by atoms with Crippen LogP contribution in [0.4, 0.5) is 8.78 Å². The molecule has 11 heteroatoms. The molecule has 3 aromatic rings. The van der Waals surface area contributed by atoms with Crippen LogP contribution >= 0.6 is 11.6 Å². The maximum Gasteiger partial charge on any atom is 0.249 e. The molecule has 8 nitrogen and oxygen atoms in total. The third-order valence-electron chi connectivity index (χ3n) is 8.63. The molecular formula is C32H36ClF2N3O5. The van der Waals surface area contributed by atoms with Crippen molar-refractivity contribution in [3.8, 4) is 22.6 Å². The molecule has 4 N–H and O–H groups in total. The van der Waals surface area contributed by atoms with Gasteiger partial charge in [-0.15, -0.1) is 0 Å². The summed E-state index contributed by atoms with van der Waals surface area (Å²) in [4.78, 5) is 17.2. The Hall–Kier alpha value is -3.31.